The van der Waals surface area contributed by atoms with E-state index in [1.54, 1.807) is 6.26 Å². The molecule has 0 radical (unpaired) electrons. The molecular formula is C22H29N5O2. The number of hydrogen-bond acceptors (Lipinski definition) is 5. The Morgan fingerprint density at radius 1 is 1.17 bits per heavy atom. The second-order valence-corrected chi connectivity index (χ2v) is 7.25. The fourth-order valence-electron chi connectivity index (χ4n) is 2.73. The average molecular weight is 396 g/mol. The second-order valence-electron chi connectivity index (χ2n) is 7.25. The number of aliphatic imine (C=N–C) groups is 1. The first-order chi connectivity index (χ1) is 14.0. The van der Waals surface area contributed by atoms with Crippen molar-refractivity contribution in [2.45, 2.75) is 46.6 Å². The summed E-state index contributed by atoms with van der Waals surface area (Å²) in [6.45, 7) is 10.2. The molecule has 2 aromatic heterocycles. The highest BCUT2D eigenvalue weighted by atomic mass is 16.5. The van der Waals surface area contributed by atoms with Crippen molar-refractivity contribution < 1.29 is 8.94 Å². The summed E-state index contributed by atoms with van der Waals surface area (Å²) < 4.78 is 11.0. The Balaban J connectivity index is 1.53. The van der Waals surface area contributed by atoms with Gasteiger partial charge in [-0.15, -0.1) is 0 Å². The van der Waals surface area contributed by atoms with E-state index in [0.717, 1.165) is 41.6 Å². The fourth-order valence-corrected chi connectivity index (χ4v) is 2.73. The number of benzene rings is 1. The van der Waals surface area contributed by atoms with Crippen molar-refractivity contribution in [1.82, 2.24) is 20.8 Å². The van der Waals surface area contributed by atoms with E-state index in [1.165, 1.54) is 5.56 Å². The van der Waals surface area contributed by atoms with Crippen LogP contribution in [0.1, 0.15) is 49.4 Å². The fraction of sp³-hybridized carbons (Fsp3) is 0.409. The topological polar surface area (TPSA) is 88.5 Å². The first kappa shape index (κ1) is 20.6. The quantitative estimate of drug-likeness (QED) is 0.442. The molecule has 1 aromatic carbocycles. The van der Waals surface area contributed by atoms with Crippen molar-refractivity contribution in [3.63, 3.8) is 0 Å². The van der Waals surface area contributed by atoms with Crippen LogP contribution in [0.15, 0.2) is 50.5 Å². The van der Waals surface area contributed by atoms with Crippen LogP contribution in [-0.2, 0) is 13.0 Å². The van der Waals surface area contributed by atoms with Crippen molar-refractivity contribution >= 4 is 5.96 Å². The van der Waals surface area contributed by atoms with Crippen LogP contribution in [0.5, 0.6) is 0 Å². The Labute approximate surface area is 171 Å². The van der Waals surface area contributed by atoms with Gasteiger partial charge in [-0.25, -0.2) is 9.98 Å². The van der Waals surface area contributed by atoms with Crippen molar-refractivity contribution in [3.05, 3.63) is 59.3 Å². The molecule has 7 heteroatoms. The Morgan fingerprint density at radius 3 is 2.66 bits per heavy atom. The molecule has 2 N–H and O–H groups in total. The lowest BCUT2D eigenvalue weighted by Crippen LogP contribution is -2.38. The van der Waals surface area contributed by atoms with E-state index in [2.05, 4.69) is 58.7 Å². The lowest BCUT2D eigenvalue weighted by Gasteiger charge is -2.09. The third-order valence-corrected chi connectivity index (χ3v) is 4.43. The Morgan fingerprint density at radius 2 is 1.97 bits per heavy atom. The van der Waals surface area contributed by atoms with Gasteiger partial charge in [-0.3, -0.25) is 0 Å². The third kappa shape index (κ3) is 5.94. The summed E-state index contributed by atoms with van der Waals surface area (Å²) in [5, 5.41) is 10.6. The smallest absolute Gasteiger partial charge is 0.226 e. The van der Waals surface area contributed by atoms with Gasteiger partial charge in [0.25, 0.3) is 0 Å². The molecule has 0 saturated carbocycles. The summed E-state index contributed by atoms with van der Waals surface area (Å²) >= 11 is 0. The molecule has 0 unspecified atom stereocenters. The maximum Gasteiger partial charge on any atom is 0.226 e. The van der Waals surface area contributed by atoms with E-state index in [0.29, 0.717) is 24.9 Å². The molecule has 2 heterocycles. The number of nitrogens with zero attached hydrogens (tertiary/aromatic N) is 3. The molecule has 154 valence electrons. The molecule has 0 spiro atoms. The number of aryl methyl sites for hydroxylation is 1. The van der Waals surface area contributed by atoms with Crippen LogP contribution in [0.2, 0.25) is 0 Å². The molecule has 3 aromatic rings. The average Bonchev–Trinajstić information content (AvgIpc) is 3.36. The third-order valence-electron chi connectivity index (χ3n) is 4.43. The molecule has 0 aliphatic heterocycles. The first-order valence-electron chi connectivity index (χ1n) is 10.0. The van der Waals surface area contributed by atoms with Gasteiger partial charge in [-0.2, -0.15) is 0 Å². The van der Waals surface area contributed by atoms with Gasteiger partial charge in [0.2, 0.25) is 5.89 Å². The summed E-state index contributed by atoms with van der Waals surface area (Å²) in [5.41, 5.74) is 4.05. The molecule has 0 saturated heterocycles. The van der Waals surface area contributed by atoms with Gasteiger partial charge in [-0.05, 0) is 31.9 Å². The van der Waals surface area contributed by atoms with E-state index < -0.39 is 0 Å². The Hall–Kier alpha value is -3.09. The molecule has 0 bridgehead atoms. The predicted molar refractivity (Wildman–Crippen MR) is 114 cm³/mol. The van der Waals surface area contributed by atoms with Crippen LogP contribution in [-0.4, -0.2) is 29.2 Å². The monoisotopic (exact) mass is 395 g/mol. The number of nitrogens with one attached hydrogen (secondary N) is 2. The molecule has 29 heavy (non-hydrogen) atoms. The lowest BCUT2D eigenvalue weighted by molar-refractivity contribution is 0.376. The standard InChI is InChI=1S/C22H29N5O2/c1-5-23-22(25-13-19-12-20(15(2)3)27-29-19)24-11-10-18-14-28-21(26-18)17-8-6-16(4)7-9-17/h6-9,12,14-15H,5,10-11,13H2,1-4H3,(H2,23,24,25). The van der Waals surface area contributed by atoms with Crippen LogP contribution in [0.4, 0.5) is 0 Å². The van der Waals surface area contributed by atoms with Crippen molar-refractivity contribution in [2.75, 3.05) is 13.1 Å². The van der Waals surface area contributed by atoms with Gasteiger partial charge in [-0.1, -0.05) is 36.7 Å². The van der Waals surface area contributed by atoms with E-state index in [9.17, 15) is 0 Å². The van der Waals surface area contributed by atoms with Crippen molar-refractivity contribution in [1.29, 1.82) is 0 Å². The number of guanidine groups is 1. The first-order valence-corrected chi connectivity index (χ1v) is 10.0. The Kier molecular flexibility index (Phi) is 7.05. The second kappa shape index (κ2) is 9.91. The number of rotatable bonds is 8. The van der Waals surface area contributed by atoms with E-state index in [4.69, 9.17) is 8.94 Å². The van der Waals surface area contributed by atoms with Crippen LogP contribution in [0, 0.1) is 6.92 Å². The molecule has 7 nitrogen and oxygen atoms in total. The van der Waals surface area contributed by atoms with E-state index in [1.807, 2.05) is 25.1 Å². The molecular weight excluding hydrogens is 366 g/mol. The molecule has 0 atom stereocenters. The predicted octanol–water partition coefficient (Wildman–Crippen LogP) is 4.06. The highest BCUT2D eigenvalue weighted by Gasteiger charge is 2.09. The summed E-state index contributed by atoms with van der Waals surface area (Å²) in [4.78, 5) is 9.14. The van der Waals surface area contributed by atoms with Gasteiger partial charge in [0.15, 0.2) is 11.7 Å². The number of hydrogen-bond donors (Lipinski definition) is 2. The Bertz CT molecular complexity index is 925. The van der Waals surface area contributed by atoms with Gasteiger partial charge in [0.1, 0.15) is 12.8 Å². The summed E-state index contributed by atoms with van der Waals surface area (Å²) in [7, 11) is 0. The zero-order valence-electron chi connectivity index (χ0n) is 17.5. The van der Waals surface area contributed by atoms with Crippen molar-refractivity contribution in [3.8, 4) is 11.5 Å². The minimum atomic E-state index is 0.343. The summed E-state index contributed by atoms with van der Waals surface area (Å²) in [6.07, 6.45) is 2.45. The van der Waals surface area contributed by atoms with Crippen LogP contribution in [0.3, 0.4) is 0 Å². The summed E-state index contributed by atoms with van der Waals surface area (Å²) in [6, 6.07) is 10.1. The van der Waals surface area contributed by atoms with Crippen LogP contribution >= 0.6 is 0 Å². The highest BCUT2D eigenvalue weighted by Crippen LogP contribution is 2.19. The van der Waals surface area contributed by atoms with Crippen LogP contribution < -0.4 is 10.6 Å². The van der Waals surface area contributed by atoms with Crippen molar-refractivity contribution in [2.24, 2.45) is 4.99 Å². The molecule has 0 fully saturated rings. The van der Waals surface area contributed by atoms with Gasteiger partial charge in [0, 0.05) is 31.1 Å². The van der Waals surface area contributed by atoms with Crippen LogP contribution in [0.25, 0.3) is 11.5 Å². The highest BCUT2D eigenvalue weighted by molar-refractivity contribution is 5.79. The molecule has 3 rings (SSSR count). The largest absolute Gasteiger partial charge is 0.444 e. The molecule has 0 aliphatic rings. The van der Waals surface area contributed by atoms with Gasteiger partial charge in [0.05, 0.1) is 11.4 Å². The van der Waals surface area contributed by atoms with E-state index in [-0.39, 0.29) is 0 Å². The normalized spacial score (nSPS) is 11.8. The summed E-state index contributed by atoms with van der Waals surface area (Å²) in [5.74, 6) is 2.48. The zero-order valence-corrected chi connectivity index (χ0v) is 17.5. The van der Waals surface area contributed by atoms with E-state index >= 15 is 0 Å². The maximum absolute atomic E-state index is 5.62. The number of oxazole rings is 1. The molecule has 0 aliphatic carbocycles. The zero-order chi connectivity index (χ0) is 20.6. The minimum absolute atomic E-state index is 0.343. The molecule has 0 amide bonds. The minimum Gasteiger partial charge on any atom is -0.444 e. The van der Waals surface area contributed by atoms with Gasteiger partial charge < -0.3 is 19.6 Å². The maximum atomic E-state index is 5.62. The lowest BCUT2D eigenvalue weighted by atomic mass is 10.1. The SMILES string of the molecule is CCNC(=NCc1cc(C(C)C)no1)NCCc1coc(-c2ccc(C)cc2)n1. The van der Waals surface area contributed by atoms with Gasteiger partial charge >= 0.3 is 0 Å². The number of aromatic nitrogens is 2.